The number of anilines is 2. The molecule has 0 saturated carbocycles. The third-order valence-electron chi connectivity index (χ3n) is 2.15. The van der Waals surface area contributed by atoms with Crippen molar-refractivity contribution in [3.05, 3.63) is 48.5 Å². The molecule has 0 radical (unpaired) electrons. The first kappa shape index (κ1) is 10.3. The van der Waals surface area contributed by atoms with Gasteiger partial charge in [0.1, 0.15) is 6.33 Å². The molecule has 0 spiro atoms. The van der Waals surface area contributed by atoms with Gasteiger partial charge in [-0.2, -0.15) is 0 Å². The second-order valence-electron chi connectivity index (χ2n) is 3.35. The maximum atomic E-state index is 11.4. The average Bonchev–Trinajstić information content (AvgIpc) is 2.31. The highest BCUT2D eigenvalue weighted by Gasteiger charge is 2.05. The first-order valence-corrected chi connectivity index (χ1v) is 4.89. The van der Waals surface area contributed by atoms with E-state index in [0.717, 1.165) is 11.4 Å². The number of carbonyl (C=O) groups is 1. The Kier molecular flexibility index (Phi) is 2.91. The summed E-state index contributed by atoms with van der Waals surface area (Å²) in [5.74, 6) is 0.0277. The van der Waals surface area contributed by atoms with Crippen molar-refractivity contribution in [3.8, 4) is 0 Å². The number of nitrogens with zero attached hydrogens (tertiary/aromatic N) is 2. The summed E-state index contributed by atoms with van der Waals surface area (Å²) in [7, 11) is 0. The zero-order valence-corrected chi connectivity index (χ0v) is 8.84. The Bertz CT molecular complexity index is 497. The molecule has 16 heavy (non-hydrogen) atoms. The van der Waals surface area contributed by atoms with Gasteiger partial charge in [0.05, 0.1) is 18.1 Å². The van der Waals surface area contributed by atoms with E-state index in [-0.39, 0.29) is 5.78 Å². The summed E-state index contributed by atoms with van der Waals surface area (Å²) in [4.78, 5) is 19.2. The molecule has 1 aromatic carbocycles. The molecule has 0 fully saturated rings. The third kappa shape index (κ3) is 2.23. The van der Waals surface area contributed by atoms with Crippen LogP contribution in [-0.4, -0.2) is 15.8 Å². The minimum Gasteiger partial charge on any atom is -0.352 e. The molecule has 1 N–H and O–H groups in total. The third-order valence-corrected chi connectivity index (χ3v) is 2.15. The number of ketones is 1. The molecule has 4 heteroatoms. The van der Waals surface area contributed by atoms with Crippen molar-refractivity contribution in [1.29, 1.82) is 0 Å². The topological polar surface area (TPSA) is 54.9 Å². The summed E-state index contributed by atoms with van der Waals surface area (Å²) in [6.07, 6.45) is 4.77. The summed E-state index contributed by atoms with van der Waals surface area (Å²) >= 11 is 0. The van der Waals surface area contributed by atoms with Gasteiger partial charge in [-0.1, -0.05) is 12.1 Å². The fraction of sp³-hybridized carbons (Fsp3) is 0.0833. The van der Waals surface area contributed by atoms with E-state index in [1.54, 1.807) is 25.4 Å². The molecule has 1 aromatic heterocycles. The lowest BCUT2D eigenvalue weighted by atomic mass is 10.1. The van der Waals surface area contributed by atoms with Gasteiger partial charge in [-0.3, -0.25) is 4.79 Å². The van der Waals surface area contributed by atoms with E-state index in [9.17, 15) is 4.79 Å². The molecule has 0 bridgehead atoms. The largest absolute Gasteiger partial charge is 0.352 e. The molecule has 0 amide bonds. The number of carbonyl (C=O) groups excluding carboxylic acids is 1. The van der Waals surface area contributed by atoms with Crippen molar-refractivity contribution in [2.75, 3.05) is 5.32 Å². The zero-order valence-electron chi connectivity index (χ0n) is 8.84. The number of aromatic nitrogens is 2. The van der Waals surface area contributed by atoms with E-state index in [2.05, 4.69) is 15.3 Å². The molecule has 2 rings (SSSR count). The van der Waals surface area contributed by atoms with E-state index in [1.807, 2.05) is 18.2 Å². The summed E-state index contributed by atoms with van der Waals surface area (Å²) in [6.45, 7) is 1.54. The first-order chi connectivity index (χ1) is 7.77. The molecular weight excluding hydrogens is 202 g/mol. The lowest BCUT2D eigenvalue weighted by molar-refractivity contribution is 0.101. The Labute approximate surface area is 93.4 Å². The summed E-state index contributed by atoms with van der Waals surface area (Å²) in [5.41, 5.74) is 2.19. The van der Waals surface area contributed by atoms with Crippen LogP contribution >= 0.6 is 0 Å². The van der Waals surface area contributed by atoms with Crippen molar-refractivity contribution in [2.45, 2.75) is 6.92 Å². The van der Waals surface area contributed by atoms with Crippen LogP contribution in [0.4, 0.5) is 11.4 Å². The fourth-order valence-corrected chi connectivity index (χ4v) is 1.42. The Balaban J connectivity index is 2.31. The highest BCUT2D eigenvalue weighted by molar-refractivity contribution is 6.00. The van der Waals surface area contributed by atoms with E-state index in [4.69, 9.17) is 0 Å². The highest BCUT2D eigenvalue weighted by Crippen LogP contribution is 2.19. The van der Waals surface area contributed by atoms with Crippen molar-refractivity contribution in [3.63, 3.8) is 0 Å². The Morgan fingerprint density at radius 2 is 1.88 bits per heavy atom. The van der Waals surface area contributed by atoms with Crippen LogP contribution in [0.25, 0.3) is 0 Å². The number of nitrogens with one attached hydrogen (secondary N) is 1. The van der Waals surface area contributed by atoms with Gasteiger partial charge in [0.2, 0.25) is 0 Å². The smallest absolute Gasteiger partial charge is 0.161 e. The molecule has 1 heterocycles. The van der Waals surface area contributed by atoms with Crippen LogP contribution in [-0.2, 0) is 0 Å². The van der Waals surface area contributed by atoms with Crippen LogP contribution in [0, 0.1) is 0 Å². The molecule has 80 valence electrons. The lowest BCUT2D eigenvalue weighted by Gasteiger charge is -2.08. The SMILES string of the molecule is CC(=O)c1ccccc1Nc1cncnc1. The molecule has 0 saturated heterocycles. The predicted octanol–water partition coefficient (Wildman–Crippen LogP) is 2.42. The Morgan fingerprint density at radius 3 is 2.56 bits per heavy atom. The van der Waals surface area contributed by atoms with Crippen LogP contribution in [0.2, 0.25) is 0 Å². The number of rotatable bonds is 3. The molecule has 0 aliphatic heterocycles. The van der Waals surface area contributed by atoms with E-state index < -0.39 is 0 Å². The average molecular weight is 213 g/mol. The minimum atomic E-state index is 0.0277. The van der Waals surface area contributed by atoms with E-state index in [0.29, 0.717) is 5.56 Å². The van der Waals surface area contributed by atoms with Gasteiger partial charge >= 0.3 is 0 Å². The van der Waals surface area contributed by atoms with Gasteiger partial charge in [0, 0.05) is 11.3 Å². The Morgan fingerprint density at radius 1 is 1.19 bits per heavy atom. The first-order valence-electron chi connectivity index (χ1n) is 4.89. The van der Waals surface area contributed by atoms with E-state index in [1.165, 1.54) is 6.33 Å². The normalized spacial score (nSPS) is 9.81. The molecule has 0 atom stereocenters. The number of benzene rings is 1. The molecular formula is C12H11N3O. The minimum absolute atomic E-state index is 0.0277. The lowest BCUT2D eigenvalue weighted by Crippen LogP contribution is -2.00. The highest BCUT2D eigenvalue weighted by atomic mass is 16.1. The second kappa shape index (κ2) is 4.53. The van der Waals surface area contributed by atoms with E-state index >= 15 is 0 Å². The Hall–Kier alpha value is -2.23. The van der Waals surface area contributed by atoms with Crippen LogP contribution in [0.3, 0.4) is 0 Å². The molecule has 2 aromatic rings. The molecule has 4 nitrogen and oxygen atoms in total. The van der Waals surface area contributed by atoms with Gasteiger partial charge in [0.25, 0.3) is 0 Å². The maximum Gasteiger partial charge on any atom is 0.161 e. The number of hydrogen-bond donors (Lipinski definition) is 1. The van der Waals surface area contributed by atoms with Gasteiger partial charge < -0.3 is 5.32 Å². The summed E-state index contributed by atoms with van der Waals surface area (Å²) in [5, 5.41) is 3.11. The fourth-order valence-electron chi connectivity index (χ4n) is 1.42. The van der Waals surface area contributed by atoms with Crippen LogP contribution < -0.4 is 5.32 Å². The van der Waals surface area contributed by atoms with Crippen LogP contribution in [0.15, 0.2) is 43.0 Å². The maximum absolute atomic E-state index is 11.4. The number of para-hydroxylation sites is 1. The predicted molar refractivity (Wildman–Crippen MR) is 61.8 cm³/mol. The van der Waals surface area contributed by atoms with Crippen LogP contribution in [0.5, 0.6) is 0 Å². The van der Waals surface area contributed by atoms with Crippen LogP contribution in [0.1, 0.15) is 17.3 Å². The van der Waals surface area contributed by atoms with Gasteiger partial charge in [-0.05, 0) is 19.1 Å². The molecule has 0 aliphatic rings. The quantitative estimate of drug-likeness (QED) is 0.795. The van der Waals surface area contributed by atoms with Gasteiger partial charge in [-0.25, -0.2) is 9.97 Å². The summed E-state index contributed by atoms with van der Waals surface area (Å²) in [6, 6.07) is 7.35. The second-order valence-corrected chi connectivity index (χ2v) is 3.35. The molecule has 0 aliphatic carbocycles. The van der Waals surface area contributed by atoms with Gasteiger partial charge in [0.15, 0.2) is 5.78 Å². The standard InChI is InChI=1S/C12H11N3O/c1-9(16)11-4-2-3-5-12(11)15-10-6-13-8-14-7-10/h2-8,15H,1H3. The number of hydrogen-bond acceptors (Lipinski definition) is 4. The van der Waals surface area contributed by atoms with Gasteiger partial charge in [-0.15, -0.1) is 0 Å². The summed E-state index contributed by atoms with van der Waals surface area (Å²) < 4.78 is 0. The number of Topliss-reactive ketones (excluding diaryl/α,β-unsaturated/α-hetero) is 1. The molecule has 0 unspecified atom stereocenters. The van der Waals surface area contributed by atoms with Crippen molar-refractivity contribution in [2.24, 2.45) is 0 Å². The monoisotopic (exact) mass is 213 g/mol. The van der Waals surface area contributed by atoms with Crippen molar-refractivity contribution in [1.82, 2.24) is 9.97 Å². The van der Waals surface area contributed by atoms with Crippen molar-refractivity contribution >= 4 is 17.2 Å². The van der Waals surface area contributed by atoms with Crippen molar-refractivity contribution < 1.29 is 4.79 Å². The zero-order chi connectivity index (χ0) is 11.4.